The summed E-state index contributed by atoms with van der Waals surface area (Å²) >= 11 is 0. The Labute approximate surface area is 105 Å². The maximum Gasteiger partial charge on any atom is 0.255 e. The summed E-state index contributed by atoms with van der Waals surface area (Å²) in [6.07, 6.45) is 2.67. The molecule has 5 heteroatoms. The maximum absolute atomic E-state index is 13.2. The maximum atomic E-state index is 13.2. The van der Waals surface area contributed by atoms with Gasteiger partial charge < -0.3 is 10.5 Å². The zero-order valence-corrected chi connectivity index (χ0v) is 9.84. The number of hydrogen-bond donors (Lipinski definition) is 1. The van der Waals surface area contributed by atoms with Crippen LogP contribution in [0.1, 0.15) is 12.0 Å². The van der Waals surface area contributed by atoms with Crippen LogP contribution in [0.3, 0.4) is 0 Å². The molecule has 0 aliphatic carbocycles. The van der Waals surface area contributed by atoms with Gasteiger partial charge in [0.25, 0.3) is 5.88 Å². The molecule has 0 saturated heterocycles. The number of aromatic nitrogens is 2. The molecule has 0 amide bonds. The number of benzene rings is 1. The minimum Gasteiger partial charge on any atom is -0.475 e. The van der Waals surface area contributed by atoms with Gasteiger partial charge in [0.05, 0.1) is 12.8 Å². The smallest absolute Gasteiger partial charge is 0.255 e. The van der Waals surface area contributed by atoms with Crippen LogP contribution in [-0.2, 0) is 6.42 Å². The van der Waals surface area contributed by atoms with Crippen LogP contribution in [0.15, 0.2) is 36.5 Å². The molecule has 18 heavy (non-hydrogen) atoms. The first kappa shape index (κ1) is 12.3. The first-order chi connectivity index (χ1) is 8.75. The second-order valence-electron chi connectivity index (χ2n) is 3.82. The minimum atomic E-state index is -0.594. The van der Waals surface area contributed by atoms with Crippen molar-refractivity contribution in [1.82, 2.24) is 9.97 Å². The van der Waals surface area contributed by atoms with Crippen molar-refractivity contribution < 1.29 is 9.13 Å². The Hall–Kier alpha value is -2.17. The average molecular weight is 247 g/mol. The van der Waals surface area contributed by atoms with Gasteiger partial charge in [0.1, 0.15) is 0 Å². The average Bonchev–Trinajstić information content (AvgIpc) is 2.40. The van der Waals surface area contributed by atoms with Crippen LogP contribution in [0.4, 0.5) is 10.3 Å². The van der Waals surface area contributed by atoms with Crippen LogP contribution in [0.2, 0.25) is 0 Å². The summed E-state index contributed by atoms with van der Waals surface area (Å²) in [5.41, 5.74) is 6.58. The summed E-state index contributed by atoms with van der Waals surface area (Å²) in [6, 6.07) is 10.0. The van der Waals surface area contributed by atoms with Crippen LogP contribution in [0.5, 0.6) is 5.88 Å². The molecule has 2 N–H and O–H groups in total. The van der Waals surface area contributed by atoms with Gasteiger partial charge in [0.2, 0.25) is 11.8 Å². The van der Waals surface area contributed by atoms with Crippen molar-refractivity contribution in [3.63, 3.8) is 0 Å². The zero-order chi connectivity index (χ0) is 12.8. The van der Waals surface area contributed by atoms with E-state index in [-0.39, 0.29) is 11.8 Å². The lowest BCUT2D eigenvalue weighted by atomic mass is 10.1. The van der Waals surface area contributed by atoms with Crippen LogP contribution < -0.4 is 10.5 Å². The van der Waals surface area contributed by atoms with Gasteiger partial charge in [0.15, 0.2) is 0 Å². The predicted molar refractivity (Wildman–Crippen MR) is 66.7 cm³/mol. The van der Waals surface area contributed by atoms with E-state index in [1.165, 1.54) is 5.56 Å². The van der Waals surface area contributed by atoms with Crippen molar-refractivity contribution in [2.75, 3.05) is 12.3 Å². The number of ether oxygens (including phenoxy) is 1. The molecule has 1 aromatic heterocycles. The molecule has 0 saturated carbocycles. The van der Waals surface area contributed by atoms with Gasteiger partial charge in [-0.1, -0.05) is 30.3 Å². The molecule has 0 aliphatic heterocycles. The standard InChI is InChI=1S/C13H14FN3O/c14-11-9-16-13(15)17-12(11)18-8-4-7-10-5-2-1-3-6-10/h1-3,5-6,9H,4,7-8H2,(H2,15,16,17). The topological polar surface area (TPSA) is 61.0 Å². The molecular weight excluding hydrogens is 233 g/mol. The third kappa shape index (κ3) is 3.41. The van der Waals surface area contributed by atoms with Crippen molar-refractivity contribution >= 4 is 5.95 Å². The lowest BCUT2D eigenvalue weighted by Gasteiger charge is -2.06. The van der Waals surface area contributed by atoms with E-state index in [0.717, 1.165) is 19.0 Å². The highest BCUT2D eigenvalue weighted by Gasteiger charge is 2.06. The normalized spacial score (nSPS) is 10.3. The predicted octanol–water partition coefficient (Wildman–Crippen LogP) is 2.21. The monoisotopic (exact) mass is 247 g/mol. The fourth-order valence-electron chi connectivity index (χ4n) is 1.56. The molecule has 0 atom stereocenters. The molecule has 0 aliphatic rings. The van der Waals surface area contributed by atoms with E-state index >= 15 is 0 Å². The van der Waals surface area contributed by atoms with Crippen LogP contribution in [0, 0.1) is 5.82 Å². The van der Waals surface area contributed by atoms with E-state index in [1.54, 1.807) is 0 Å². The minimum absolute atomic E-state index is 0.00876. The summed E-state index contributed by atoms with van der Waals surface area (Å²) < 4.78 is 18.4. The number of nitrogen functional groups attached to an aromatic ring is 1. The van der Waals surface area contributed by atoms with E-state index in [0.29, 0.717) is 6.61 Å². The number of halogens is 1. The lowest BCUT2D eigenvalue weighted by Crippen LogP contribution is -2.05. The van der Waals surface area contributed by atoms with E-state index in [1.807, 2.05) is 30.3 Å². The fraction of sp³-hybridized carbons (Fsp3) is 0.231. The van der Waals surface area contributed by atoms with Gasteiger partial charge in [-0.05, 0) is 18.4 Å². The molecule has 94 valence electrons. The molecule has 0 unspecified atom stereocenters. The Kier molecular flexibility index (Phi) is 4.06. The molecular formula is C13H14FN3O. The van der Waals surface area contributed by atoms with Crippen molar-refractivity contribution in [2.24, 2.45) is 0 Å². The Morgan fingerprint density at radius 1 is 1.22 bits per heavy atom. The summed E-state index contributed by atoms with van der Waals surface area (Å²) in [5.74, 6) is -0.672. The summed E-state index contributed by atoms with van der Waals surface area (Å²) in [7, 11) is 0. The van der Waals surface area contributed by atoms with Gasteiger partial charge in [-0.2, -0.15) is 9.37 Å². The molecule has 2 rings (SSSR count). The summed E-state index contributed by atoms with van der Waals surface area (Å²) in [4.78, 5) is 7.21. The molecule has 0 spiro atoms. The first-order valence-electron chi connectivity index (χ1n) is 5.70. The zero-order valence-electron chi connectivity index (χ0n) is 9.84. The second-order valence-corrected chi connectivity index (χ2v) is 3.82. The highest BCUT2D eigenvalue weighted by molar-refractivity contribution is 5.22. The van der Waals surface area contributed by atoms with E-state index < -0.39 is 5.82 Å². The highest BCUT2D eigenvalue weighted by Crippen LogP contribution is 2.13. The summed E-state index contributed by atoms with van der Waals surface area (Å²) in [5, 5.41) is 0. The van der Waals surface area contributed by atoms with Crippen molar-refractivity contribution in [3.8, 4) is 5.88 Å². The van der Waals surface area contributed by atoms with E-state index in [2.05, 4.69) is 9.97 Å². The van der Waals surface area contributed by atoms with Crippen LogP contribution in [-0.4, -0.2) is 16.6 Å². The number of hydrogen-bond acceptors (Lipinski definition) is 4. The largest absolute Gasteiger partial charge is 0.475 e. The molecule has 4 nitrogen and oxygen atoms in total. The Morgan fingerprint density at radius 2 is 2.00 bits per heavy atom. The molecule has 0 fully saturated rings. The van der Waals surface area contributed by atoms with Crippen molar-refractivity contribution in [2.45, 2.75) is 12.8 Å². The third-order valence-corrected chi connectivity index (χ3v) is 2.42. The second kappa shape index (κ2) is 5.95. The molecule has 1 heterocycles. The van der Waals surface area contributed by atoms with Gasteiger partial charge in [-0.3, -0.25) is 0 Å². The summed E-state index contributed by atoms with van der Waals surface area (Å²) in [6.45, 7) is 0.391. The van der Waals surface area contributed by atoms with Crippen molar-refractivity contribution in [3.05, 3.63) is 47.9 Å². The van der Waals surface area contributed by atoms with Gasteiger partial charge in [-0.15, -0.1) is 0 Å². The number of nitrogens with two attached hydrogens (primary N) is 1. The fourth-order valence-corrected chi connectivity index (χ4v) is 1.56. The van der Waals surface area contributed by atoms with Gasteiger partial charge in [-0.25, -0.2) is 4.98 Å². The number of nitrogens with zero attached hydrogens (tertiary/aromatic N) is 2. The van der Waals surface area contributed by atoms with Crippen molar-refractivity contribution in [1.29, 1.82) is 0 Å². The number of aryl methyl sites for hydroxylation is 1. The van der Waals surface area contributed by atoms with E-state index in [9.17, 15) is 4.39 Å². The molecule has 2 aromatic rings. The SMILES string of the molecule is Nc1ncc(F)c(OCCCc2ccccc2)n1. The molecule has 0 radical (unpaired) electrons. The Bertz CT molecular complexity index is 505. The number of rotatable bonds is 5. The Morgan fingerprint density at radius 3 is 2.78 bits per heavy atom. The molecule has 0 bridgehead atoms. The molecule has 1 aromatic carbocycles. The highest BCUT2D eigenvalue weighted by atomic mass is 19.1. The number of anilines is 1. The first-order valence-corrected chi connectivity index (χ1v) is 5.70. The van der Waals surface area contributed by atoms with Crippen LogP contribution >= 0.6 is 0 Å². The van der Waals surface area contributed by atoms with Crippen LogP contribution in [0.25, 0.3) is 0 Å². The lowest BCUT2D eigenvalue weighted by molar-refractivity contribution is 0.282. The van der Waals surface area contributed by atoms with E-state index in [4.69, 9.17) is 10.5 Å². The quantitative estimate of drug-likeness (QED) is 0.823. The third-order valence-electron chi connectivity index (χ3n) is 2.42. The van der Waals surface area contributed by atoms with Gasteiger partial charge >= 0.3 is 0 Å². The van der Waals surface area contributed by atoms with Gasteiger partial charge in [0, 0.05) is 0 Å². The Balaban J connectivity index is 1.80.